The summed E-state index contributed by atoms with van der Waals surface area (Å²) in [4.78, 5) is 33.0. The monoisotopic (exact) mass is 754 g/mol. The van der Waals surface area contributed by atoms with Gasteiger partial charge >= 0.3 is 5.97 Å². The number of nitrogens with one attached hydrogen (secondary N) is 1. The van der Waals surface area contributed by atoms with Gasteiger partial charge in [-0.05, 0) is 122 Å². The fourth-order valence-corrected chi connectivity index (χ4v) is 7.58. The van der Waals surface area contributed by atoms with E-state index in [-0.39, 0.29) is 17.8 Å². The maximum atomic E-state index is 13.5. The summed E-state index contributed by atoms with van der Waals surface area (Å²) in [6.45, 7) is 12.4. The Morgan fingerprint density at radius 3 is 2.50 bits per heavy atom. The maximum absolute atomic E-state index is 13.5. The van der Waals surface area contributed by atoms with Crippen LogP contribution in [0.15, 0.2) is 89.7 Å². The molecule has 1 N–H and O–H groups in total. The van der Waals surface area contributed by atoms with E-state index in [0.717, 1.165) is 85.7 Å². The number of carbonyl (C=O) groups is 2. The zero-order valence-corrected chi connectivity index (χ0v) is 32.9. The lowest BCUT2D eigenvalue weighted by molar-refractivity contribution is -0.144. The van der Waals surface area contributed by atoms with Crippen LogP contribution in [0.25, 0.3) is 17.2 Å². The minimum Gasteiger partial charge on any atom is -0.611 e. The molecule has 11 heteroatoms. The molecule has 0 radical (unpaired) electrons. The highest BCUT2D eigenvalue weighted by Gasteiger charge is 2.27. The summed E-state index contributed by atoms with van der Waals surface area (Å²) >= 11 is -1.24. The first-order valence-corrected chi connectivity index (χ1v) is 20.4. The van der Waals surface area contributed by atoms with Gasteiger partial charge < -0.3 is 33.5 Å². The fraction of sp³-hybridized carbons (Fsp3) is 0.419. The SMILES string of the molecule is CCCCOCCOc1ccc(-c2ccc(N3CCC(CC(=O)OCC)C3)c(C=C(C)C(=O)Nc3ccc([S@@+]([O-])Cc4cncn4CCC)cc3)c2)cc1. The van der Waals surface area contributed by atoms with Gasteiger partial charge in [0.15, 0.2) is 10.6 Å². The van der Waals surface area contributed by atoms with Crippen molar-refractivity contribution in [2.24, 2.45) is 5.92 Å². The largest absolute Gasteiger partial charge is 0.611 e. The number of benzene rings is 3. The van der Waals surface area contributed by atoms with E-state index in [1.165, 1.54) is 0 Å². The molecule has 1 unspecified atom stereocenters. The molecule has 288 valence electrons. The van der Waals surface area contributed by atoms with Crippen LogP contribution in [-0.2, 0) is 42.5 Å². The molecule has 5 rings (SSSR count). The molecule has 54 heavy (non-hydrogen) atoms. The van der Waals surface area contributed by atoms with E-state index in [9.17, 15) is 14.1 Å². The first-order chi connectivity index (χ1) is 26.3. The number of imidazole rings is 1. The first kappa shape index (κ1) is 40.6. The van der Waals surface area contributed by atoms with Crippen LogP contribution >= 0.6 is 0 Å². The van der Waals surface area contributed by atoms with Crippen LogP contribution < -0.4 is 15.0 Å². The van der Waals surface area contributed by atoms with Gasteiger partial charge in [-0.2, -0.15) is 0 Å². The first-order valence-electron chi connectivity index (χ1n) is 19.1. The minimum absolute atomic E-state index is 0.164. The molecule has 2 atom stereocenters. The van der Waals surface area contributed by atoms with Gasteiger partial charge in [0.05, 0.1) is 37.9 Å². The number of unbranched alkanes of at least 4 members (excludes halogenated alkanes) is 1. The quantitative estimate of drug-likeness (QED) is 0.0415. The molecule has 1 aliphatic heterocycles. The van der Waals surface area contributed by atoms with Gasteiger partial charge in [-0.3, -0.25) is 9.59 Å². The Bertz CT molecular complexity index is 1820. The lowest BCUT2D eigenvalue weighted by Crippen LogP contribution is -2.22. The zero-order valence-electron chi connectivity index (χ0n) is 32.1. The Kier molecular flexibility index (Phi) is 15.6. The van der Waals surface area contributed by atoms with Crippen molar-refractivity contribution < 1.29 is 28.4 Å². The summed E-state index contributed by atoms with van der Waals surface area (Å²) in [6, 6.07) is 21.5. The Hall–Kier alpha value is -4.58. The third kappa shape index (κ3) is 11.7. The van der Waals surface area contributed by atoms with E-state index in [1.807, 2.05) is 41.8 Å². The zero-order chi connectivity index (χ0) is 38.3. The van der Waals surface area contributed by atoms with E-state index in [4.69, 9.17) is 14.2 Å². The summed E-state index contributed by atoms with van der Waals surface area (Å²) in [5, 5.41) is 3.00. The molecule has 1 fully saturated rings. The number of anilines is 2. The minimum atomic E-state index is -1.24. The van der Waals surface area contributed by atoms with Crippen molar-refractivity contribution in [1.29, 1.82) is 0 Å². The second kappa shape index (κ2) is 20.8. The average Bonchev–Trinajstić information content (AvgIpc) is 3.83. The van der Waals surface area contributed by atoms with Crippen molar-refractivity contribution in [2.45, 2.75) is 77.0 Å². The van der Waals surface area contributed by atoms with Crippen molar-refractivity contribution in [2.75, 3.05) is 49.7 Å². The number of rotatable bonds is 20. The third-order valence-corrected chi connectivity index (χ3v) is 10.7. The highest BCUT2D eigenvalue weighted by Crippen LogP contribution is 2.34. The van der Waals surface area contributed by atoms with Gasteiger partial charge in [-0.1, -0.05) is 38.5 Å². The topological polar surface area (TPSA) is 118 Å². The molecular weight excluding hydrogens is 701 g/mol. The second-order valence-electron chi connectivity index (χ2n) is 13.6. The van der Waals surface area contributed by atoms with Gasteiger partial charge in [0, 0.05) is 43.2 Å². The Labute approximate surface area is 323 Å². The fourth-order valence-electron chi connectivity index (χ4n) is 6.47. The molecule has 0 aliphatic carbocycles. The third-order valence-electron chi connectivity index (χ3n) is 9.39. The predicted octanol–water partition coefficient (Wildman–Crippen LogP) is 8.28. The van der Waals surface area contributed by atoms with Crippen molar-refractivity contribution >= 4 is 40.5 Å². The summed E-state index contributed by atoms with van der Waals surface area (Å²) in [5.74, 6) is 0.964. The van der Waals surface area contributed by atoms with Crippen LogP contribution in [0.2, 0.25) is 0 Å². The standard InChI is InChI=1S/C43H54N4O6S/c1-5-8-22-51-23-24-53-39-14-9-34(10-15-39)35-11-18-41(46-21-19-33(29-46)26-42(48)52-7-3)36(27-35)25-32(4)43(49)45-37-12-16-40(17-13-37)54(50)30-38-28-44-31-47(38)20-6-2/h9-18,25,27-28,31,33H,5-8,19-24,26,29-30H2,1-4H3,(H,45,49)/t33?,54-/m0/s1. The average molecular weight is 755 g/mol. The normalized spacial score (nSPS) is 14.9. The van der Waals surface area contributed by atoms with E-state index in [2.05, 4.69) is 47.2 Å². The molecular formula is C43H54N4O6S. The lowest BCUT2D eigenvalue weighted by Gasteiger charge is -2.22. The van der Waals surface area contributed by atoms with Gasteiger partial charge in [-0.25, -0.2) is 4.98 Å². The number of aryl methyl sites for hydroxylation is 1. The molecule has 1 aromatic heterocycles. The van der Waals surface area contributed by atoms with Crippen LogP contribution in [0.3, 0.4) is 0 Å². The van der Waals surface area contributed by atoms with E-state index in [1.54, 1.807) is 43.7 Å². The van der Waals surface area contributed by atoms with Crippen LogP contribution in [0.5, 0.6) is 5.75 Å². The molecule has 1 amide bonds. The molecule has 10 nitrogen and oxygen atoms in total. The summed E-state index contributed by atoms with van der Waals surface area (Å²) in [6.07, 6.45) is 9.87. The Morgan fingerprint density at radius 1 is 0.981 bits per heavy atom. The van der Waals surface area contributed by atoms with E-state index in [0.29, 0.717) is 48.2 Å². The van der Waals surface area contributed by atoms with Crippen LogP contribution in [0.1, 0.15) is 71.1 Å². The van der Waals surface area contributed by atoms with E-state index >= 15 is 0 Å². The molecule has 1 saturated heterocycles. The maximum Gasteiger partial charge on any atom is 0.306 e. The van der Waals surface area contributed by atoms with Gasteiger partial charge in [0.1, 0.15) is 12.4 Å². The number of hydrogen-bond donors (Lipinski definition) is 1. The molecule has 0 saturated carbocycles. The van der Waals surface area contributed by atoms with Crippen molar-refractivity contribution in [3.05, 3.63) is 96.1 Å². The number of amides is 1. The highest BCUT2D eigenvalue weighted by atomic mass is 32.2. The Morgan fingerprint density at radius 2 is 1.76 bits per heavy atom. The van der Waals surface area contributed by atoms with Gasteiger partial charge in [0.25, 0.3) is 5.91 Å². The number of esters is 1. The number of nitrogens with zero attached hydrogens (tertiary/aromatic N) is 3. The highest BCUT2D eigenvalue weighted by molar-refractivity contribution is 7.90. The predicted molar refractivity (Wildman–Crippen MR) is 216 cm³/mol. The molecule has 1 aliphatic rings. The summed E-state index contributed by atoms with van der Waals surface area (Å²) < 4.78 is 31.9. The van der Waals surface area contributed by atoms with Gasteiger partial charge in [-0.15, -0.1) is 0 Å². The van der Waals surface area contributed by atoms with Crippen LogP contribution in [-0.4, -0.2) is 65.5 Å². The van der Waals surface area contributed by atoms with Crippen molar-refractivity contribution in [3.8, 4) is 16.9 Å². The number of ether oxygens (including phenoxy) is 3. The van der Waals surface area contributed by atoms with Crippen LogP contribution in [0, 0.1) is 5.92 Å². The smallest absolute Gasteiger partial charge is 0.306 e. The number of hydrogen-bond acceptors (Lipinski definition) is 8. The van der Waals surface area contributed by atoms with Crippen LogP contribution in [0.4, 0.5) is 11.4 Å². The summed E-state index contributed by atoms with van der Waals surface area (Å²) in [5.41, 5.74) is 6.05. The molecule has 4 aromatic rings. The van der Waals surface area contributed by atoms with Crippen molar-refractivity contribution in [1.82, 2.24) is 9.55 Å². The Balaban J connectivity index is 1.30. The van der Waals surface area contributed by atoms with E-state index < -0.39 is 11.2 Å². The number of carbonyl (C=O) groups excluding carboxylic acids is 2. The second-order valence-corrected chi connectivity index (χ2v) is 15.0. The molecule has 0 bridgehead atoms. The van der Waals surface area contributed by atoms with Crippen molar-refractivity contribution in [3.63, 3.8) is 0 Å². The number of aromatic nitrogens is 2. The molecule has 0 spiro atoms. The lowest BCUT2D eigenvalue weighted by atomic mass is 9.99. The summed E-state index contributed by atoms with van der Waals surface area (Å²) in [7, 11) is 0. The van der Waals surface area contributed by atoms with Gasteiger partial charge in [0.2, 0.25) is 0 Å². The molecule has 3 aromatic carbocycles. The molecule has 2 heterocycles.